The predicted octanol–water partition coefficient (Wildman–Crippen LogP) is -0.681. The van der Waals surface area contributed by atoms with E-state index in [4.69, 9.17) is 5.11 Å². The highest BCUT2D eigenvalue weighted by Crippen LogP contribution is 2.29. The summed E-state index contributed by atoms with van der Waals surface area (Å²) in [5, 5.41) is 20.2. The number of nitrogens with zero attached hydrogens (tertiary/aromatic N) is 2. The summed E-state index contributed by atoms with van der Waals surface area (Å²) >= 11 is 0. The largest absolute Gasteiger partial charge is 0.480 e. The molecule has 22 heavy (non-hydrogen) atoms. The number of hydrogen-bond acceptors (Lipinski definition) is 4. The Morgan fingerprint density at radius 2 is 1.86 bits per heavy atom. The molecule has 0 radical (unpaired) electrons. The van der Waals surface area contributed by atoms with Gasteiger partial charge >= 0.3 is 12.1 Å². The maximum absolute atomic E-state index is 12.6. The molecule has 2 rings (SSSR count). The molecule has 2 saturated heterocycles. The molecule has 2 aliphatic rings. The fourth-order valence-corrected chi connectivity index (χ4v) is 3.16. The zero-order valence-electron chi connectivity index (χ0n) is 12.2. The van der Waals surface area contributed by atoms with Gasteiger partial charge in [0.25, 0.3) is 0 Å². The fourth-order valence-electron chi connectivity index (χ4n) is 3.16. The standard InChI is InChI=1S/C13H19N3O6/c1-7(17)15-5-4-8-2-3-10(12(19)20)16(8)11(18)9(6-15)14-13(21)22/h8-10,14H,2-6H2,1H3,(H,19,20)(H,21,22)/t8-,9+,10+/m1/s1. The van der Waals surface area contributed by atoms with Crippen LogP contribution in [0, 0.1) is 0 Å². The highest BCUT2D eigenvalue weighted by molar-refractivity contribution is 5.90. The van der Waals surface area contributed by atoms with Crippen molar-refractivity contribution in [3.05, 3.63) is 0 Å². The second kappa shape index (κ2) is 6.20. The van der Waals surface area contributed by atoms with Gasteiger partial charge in [-0.3, -0.25) is 9.59 Å². The van der Waals surface area contributed by atoms with Gasteiger partial charge < -0.3 is 25.3 Å². The lowest BCUT2D eigenvalue weighted by molar-refractivity contribution is -0.152. The Balaban J connectivity index is 2.29. The van der Waals surface area contributed by atoms with Crippen LogP contribution in [0.1, 0.15) is 26.2 Å². The van der Waals surface area contributed by atoms with Crippen LogP contribution >= 0.6 is 0 Å². The van der Waals surface area contributed by atoms with Crippen molar-refractivity contribution in [1.29, 1.82) is 0 Å². The van der Waals surface area contributed by atoms with Crippen molar-refractivity contribution in [1.82, 2.24) is 15.1 Å². The monoisotopic (exact) mass is 313 g/mol. The molecule has 3 N–H and O–H groups in total. The quantitative estimate of drug-likeness (QED) is 0.620. The van der Waals surface area contributed by atoms with Crippen LogP contribution in [-0.4, -0.2) is 75.1 Å². The molecule has 0 unspecified atom stereocenters. The van der Waals surface area contributed by atoms with Crippen molar-refractivity contribution in [2.75, 3.05) is 13.1 Å². The molecular weight excluding hydrogens is 294 g/mol. The Bertz CT molecular complexity index is 508. The summed E-state index contributed by atoms with van der Waals surface area (Å²) in [5.41, 5.74) is 0. The molecule has 0 aromatic rings. The van der Waals surface area contributed by atoms with Gasteiger partial charge in [-0.2, -0.15) is 0 Å². The van der Waals surface area contributed by atoms with Crippen molar-refractivity contribution >= 4 is 23.9 Å². The summed E-state index contributed by atoms with van der Waals surface area (Å²) in [5.74, 6) is -1.91. The van der Waals surface area contributed by atoms with Crippen molar-refractivity contribution in [3.63, 3.8) is 0 Å². The van der Waals surface area contributed by atoms with E-state index < -0.39 is 30.1 Å². The van der Waals surface area contributed by atoms with E-state index in [1.54, 1.807) is 0 Å². The number of rotatable bonds is 2. The summed E-state index contributed by atoms with van der Waals surface area (Å²) in [6.45, 7) is 1.64. The van der Waals surface area contributed by atoms with Gasteiger partial charge in [-0.1, -0.05) is 0 Å². The first-order chi connectivity index (χ1) is 10.3. The van der Waals surface area contributed by atoms with Gasteiger partial charge in [0.15, 0.2) is 0 Å². The van der Waals surface area contributed by atoms with Gasteiger partial charge in [0.2, 0.25) is 11.8 Å². The van der Waals surface area contributed by atoms with E-state index >= 15 is 0 Å². The third-order valence-corrected chi connectivity index (χ3v) is 4.22. The lowest BCUT2D eigenvalue weighted by Crippen LogP contribution is -2.60. The Labute approximate surface area is 126 Å². The Morgan fingerprint density at radius 3 is 2.41 bits per heavy atom. The molecule has 2 aliphatic heterocycles. The topological polar surface area (TPSA) is 127 Å². The maximum atomic E-state index is 12.6. The summed E-state index contributed by atoms with van der Waals surface area (Å²) in [6, 6.07) is -2.36. The second-order valence-electron chi connectivity index (χ2n) is 5.59. The lowest BCUT2D eigenvalue weighted by Gasteiger charge is -2.37. The molecular formula is C13H19N3O6. The van der Waals surface area contributed by atoms with Gasteiger partial charge in [0.1, 0.15) is 12.1 Å². The predicted molar refractivity (Wildman–Crippen MR) is 73.1 cm³/mol. The van der Waals surface area contributed by atoms with Crippen molar-refractivity contribution < 1.29 is 29.4 Å². The minimum atomic E-state index is -1.38. The maximum Gasteiger partial charge on any atom is 0.405 e. The molecule has 3 amide bonds. The molecule has 0 saturated carbocycles. The van der Waals surface area contributed by atoms with E-state index in [9.17, 15) is 24.3 Å². The van der Waals surface area contributed by atoms with Crippen LogP contribution in [0.25, 0.3) is 0 Å². The van der Waals surface area contributed by atoms with Gasteiger partial charge in [0, 0.05) is 19.5 Å². The summed E-state index contributed by atoms with van der Waals surface area (Å²) in [6.07, 6.45) is -0.0144. The van der Waals surface area contributed by atoms with Crippen LogP contribution in [0.3, 0.4) is 0 Å². The van der Waals surface area contributed by atoms with E-state index in [0.717, 1.165) is 0 Å². The smallest absolute Gasteiger partial charge is 0.405 e. The molecule has 2 fully saturated rings. The molecule has 0 spiro atoms. The van der Waals surface area contributed by atoms with E-state index in [2.05, 4.69) is 5.32 Å². The minimum absolute atomic E-state index is 0.0873. The van der Waals surface area contributed by atoms with E-state index in [1.807, 2.05) is 0 Å². The number of carbonyl (C=O) groups excluding carboxylic acids is 2. The van der Waals surface area contributed by atoms with Crippen LogP contribution < -0.4 is 5.32 Å². The molecule has 9 heteroatoms. The molecule has 0 aromatic heterocycles. The third-order valence-electron chi connectivity index (χ3n) is 4.22. The Morgan fingerprint density at radius 1 is 1.18 bits per heavy atom. The first-order valence-corrected chi connectivity index (χ1v) is 7.11. The average molecular weight is 313 g/mol. The molecule has 2 heterocycles. The van der Waals surface area contributed by atoms with Crippen LogP contribution in [0.4, 0.5) is 4.79 Å². The van der Waals surface area contributed by atoms with E-state index in [1.165, 1.54) is 16.7 Å². The molecule has 9 nitrogen and oxygen atoms in total. The van der Waals surface area contributed by atoms with Gasteiger partial charge in [-0.05, 0) is 19.3 Å². The number of amides is 3. The van der Waals surface area contributed by atoms with E-state index in [-0.39, 0.29) is 18.5 Å². The zero-order chi connectivity index (χ0) is 16.4. The zero-order valence-corrected chi connectivity index (χ0v) is 12.2. The summed E-state index contributed by atoms with van der Waals surface area (Å²) in [4.78, 5) is 49.1. The average Bonchev–Trinajstić information content (AvgIpc) is 2.82. The Hall–Kier alpha value is -2.32. The normalized spacial score (nSPS) is 28.6. The van der Waals surface area contributed by atoms with Gasteiger partial charge in [-0.15, -0.1) is 0 Å². The van der Waals surface area contributed by atoms with Gasteiger partial charge in [-0.25, -0.2) is 9.59 Å². The molecule has 0 aromatic carbocycles. The Kier molecular flexibility index (Phi) is 4.53. The molecule has 122 valence electrons. The van der Waals surface area contributed by atoms with Gasteiger partial charge in [0.05, 0.1) is 6.54 Å². The molecule has 0 bridgehead atoms. The third kappa shape index (κ3) is 3.12. The minimum Gasteiger partial charge on any atom is -0.480 e. The summed E-state index contributed by atoms with van der Waals surface area (Å²) in [7, 11) is 0. The lowest BCUT2D eigenvalue weighted by atomic mass is 10.1. The SMILES string of the molecule is CC(=O)N1CC[C@H]2CC[C@@H](C(=O)O)N2C(=O)[C@@H](NC(=O)O)C1. The van der Waals surface area contributed by atoms with Crippen LogP contribution in [0.15, 0.2) is 0 Å². The number of nitrogens with one attached hydrogen (secondary N) is 1. The van der Waals surface area contributed by atoms with Crippen LogP contribution in [0.2, 0.25) is 0 Å². The number of carbonyl (C=O) groups is 4. The number of hydrogen-bond donors (Lipinski definition) is 3. The molecule has 3 atom stereocenters. The number of fused-ring (bicyclic) bond motifs is 1. The van der Waals surface area contributed by atoms with E-state index in [0.29, 0.717) is 25.8 Å². The number of carboxylic acids is 1. The van der Waals surface area contributed by atoms with Crippen molar-refractivity contribution in [3.8, 4) is 0 Å². The number of aliphatic carboxylic acids is 1. The summed E-state index contributed by atoms with van der Waals surface area (Å²) < 4.78 is 0. The first kappa shape index (κ1) is 16.1. The first-order valence-electron chi connectivity index (χ1n) is 7.11. The number of carboxylic acid groups (broad SMARTS) is 2. The highest BCUT2D eigenvalue weighted by atomic mass is 16.4. The van der Waals surface area contributed by atoms with Crippen LogP contribution in [0.5, 0.6) is 0 Å². The van der Waals surface area contributed by atoms with Crippen LogP contribution in [-0.2, 0) is 14.4 Å². The second-order valence-corrected chi connectivity index (χ2v) is 5.59. The molecule has 0 aliphatic carbocycles. The highest BCUT2D eigenvalue weighted by Gasteiger charge is 2.45. The van der Waals surface area contributed by atoms with Crippen molar-refractivity contribution in [2.45, 2.75) is 44.3 Å². The fraction of sp³-hybridized carbons (Fsp3) is 0.692. The van der Waals surface area contributed by atoms with Crippen molar-refractivity contribution in [2.24, 2.45) is 0 Å².